The first-order valence-electron chi connectivity index (χ1n) is 8.51. The number of carbonyl (C=O) groups is 1. The van der Waals surface area contributed by atoms with E-state index < -0.39 is 5.60 Å². The average Bonchev–Trinajstić information content (AvgIpc) is 2.76. The third-order valence-electron chi connectivity index (χ3n) is 4.72. The van der Waals surface area contributed by atoms with Crippen LogP contribution in [0.15, 0.2) is 24.3 Å². The standard InChI is InChI=1S/C20H24N2O2/c1-13-9-14(5-6-15(13)12-21)16-10-17-7-8-18(11-16)22(17)19(23)24-20(2,3)4/h5-6,9-10,17-18H,7-8,11H2,1-4H3. The molecule has 0 saturated carbocycles. The minimum atomic E-state index is -0.468. The summed E-state index contributed by atoms with van der Waals surface area (Å²) >= 11 is 0. The van der Waals surface area contributed by atoms with Gasteiger partial charge in [-0.1, -0.05) is 18.2 Å². The van der Waals surface area contributed by atoms with Gasteiger partial charge in [0.1, 0.15) is 5.60 Å². The van der Waals surface area contributed by atoms with Crippen molar-refractivity contribution in [3.8, 4) is 6.07 Å². The van der Waals surface area contributed by atoms with Gasteiger partial charge in [-0.05, 0) is 69.7 Å². The van der Waals surface area contributed by atoms with Crippen LogP contribution in [0.25, 0.3) is 5.57 Å². The number of nitrogens with zero attached hydrogens (tertiary/aromatic N) is 2. The number of rotatable bonds is 1. The van der Waals surface area contributed by atoms with E-state index in [1.807, 2.05) is 44.7 Å². The molecular formula is C20H24N2O2. The number of amides is 1. The maximum absolute atomic E-state index is 12.5. The van der Waals surface area contributed by atoms with Gasteiger partial charge in [0.2, 0.25) is 0 Å². The summed E-state index contributed by atoms with van der Waals surface area (Å²) in [6.45, 7) is 7.67. The molecule has 3 rings (SSSR count). The van der Waals surface area contributed by atoms with Gasteiger partial charge in [0, 0.05) is 6.04 Å². The molecule has 0 N–H and O–H groups in total. The normalized spacial score (nSPS) is 22.8. The van der Waals surface area contributed by atoms with Crippen LogP contribution in [-0.4, -0.2) is 28.7 Å². The highest BCUT2D eigenvalue weighted by Crippen LogP contribution is 2.39. The second-order valence-electron chi connectivity index (χ2n) is 7.72. The van der Waals surface area contributed by atoms with Crippen LogP contribution < -0.4 is 0 Å². The topological polar surface area (TPSA) is 53.3 Å². The number of hydrogen-bond acceptors (Lipinski definition) is 3. The van der Waals surface area contributed by atoms with E-state index in [1.54, 1.807) is 0 Å². The van der Waals surface area contributed by atoms with Gasteiger partial charge in [0.15, 0.2) is 0 Å². The van der Waals surface area contributed by atoms with Crippen molar-refractivity contribution >= 4 is 11.7 Å². The van der Waals surface area contributed by atoms with Crippen LogP contribution in [-0.2, 0) is 4.74 Å². The van der Waals surface area contributed by atoms with Crippen LogP contribution in [0, 0.1) is 18.3 Å². The molecule has 24 heavy (non-hydrogen) atoms. The Balaban J connectivity index is 1.83. The lowest BCUT2D eigenvalue weighted by Gasteiger charge is -2.35. The summed E-state index contributed by atoms with van der Waals surface area (Å²) in [7, 11) is 0. The van der Waals surface area contributed by atoms with Crippen LogP contribution in [0.4, 0.5) is 4.79 Å². The maximum Gasteiger partial charge on any atom is 0.411 e. The van der Waals surface area contributed by atoms with Gasteiger partial charge in [-0.25, -0.2) is 4.79 Å². The minimum Gasteiger partial charge on any atom is -0.444 e. The van der Waals surface area contributed by atoms with Crippen LogP contribution in [0.3, 0.4) is 0 Å². The van der Waals surface area contributed by atoms with Gasteiger partial charge in [-0.2, -0.15) is 5.26 Å². The SMILES string of the molecule is Cc1cc(C2=CC3CCC(C2)N3C(=O)OC(C)(C)C)ccc1C#N. The Labute approximate surface area is 143 Å². The van der Waals surface area contributed by atoms with Crippen molar-refractivity contribution < 1.29 is 9.53 Å². The summed E-state index contributed by atoms with van der Waals surface area (Å²) in [5, 5.41) is 9.08. The molecule has 0 aliphatic carbocycles. The molecule has 1 fully saturated rings. The smallest absolute Gasteiger partial charge is 0.411 e. The van der Waals surface area contributed by atoms with Crippen molar-refractivity contribution in [1.29, 1.82) is 5.26 Å². The highest BCUT2D eigenvalue weighted by atomic mass is 16.6. The first-order valence-corrected chi connectivity index (χ1v) is 8.51. The fraction of sp³-hybridized carbons (Fsp3) is 0.500. The van der Waals surface area contributed by atoms with Crippen molar-refractivity contribution in [2.24, 2.45) is 0 Å². The summed E-state index contributed by atoms with van der Waals surface area (Å²) in [6.07, 6.45) is 4.85. The van der Waals surface area contributed by atoms with E-state index in [9.17, 15) is 4.79 Å². The highest BCUT2D eigenvalue weighted by molar-refractivity contribution is 5.75. The average molecular weight is 324 g/mol. The number of nitriles is 1. The number of aryl methyl sites for hydroxylation is 1. The van der Waals surface area contributed by atoms with Crippen LogP contribution in [0.5, 0.6) is 0 Å². The fourth-order valence-electron chi connectivity index (χ4n) is 3.63. The van der Waals surface area contributed by atoms with Gasteiger partial charge in [-0.3, -0.25) is 4.90 Å². The van der Waals surface area contributed by atoms with Gasteiger partial charge < -0.3 is 4.74 Å². The molecule has 4 nitrogen and oxygen atoms in total. The van der Waals surface area contributed by atoms with E-state index >= 15 is 0 Å². The Bertz CT molecular complexity index is 737. The van der Waals surface area contributed by atoms with Gasteiger partial charge in [0.05, 0.1) is 17.7 Å². The Morgan fingerprint density at radius 1 is 1.33 bits per heavy atom. The highest BCUT2D eigenvalue weighted by Gasteiger charge is 2.41. The van der Waals surface area contributed by atoms with E-state index in [4.69, 9.17) is 10.00 Å². The zero-order valence-corrected chi connectivity index (χ0v) is 14.8. The number of carbonyl (C=O) groups excluding carboxylic acids is 1. The quantitative estimate of drug-likeness (QED) is 0.768. The molecule has 0 aromatic heterocycles. The molecule has 2 unspecified atom stereocenters. The zero-order valence-electron chi connectivity index (χ0n) is 14.8. The molecule has 2 aliphatic heterocycles. The molecule has 0 radical (unpaired) electrons. The van der Waals surface area contributed by atoms with Crippen molar-refractivity contribution in [2.75, 3.05) is 0 Å². The summed E-state index contributed by atoms with van der Waals surface area (Å²) in [6, 6.07) is 8.51. The summed E-state index contributed by atoms with van der Waals surface area (Å²) in [5.41, 5.74) is 3.68. The van der Waals surface area contributed by atoms with Crippen molar-refractivity contribution in [3.05, 3.63) is 41.0 Å². The lowest BCUT2D eigenvalue weighted by Crippen LogP contribution is -2.45. The van der Waals surface area contributed by atoms with Crippen molar-refractivity contribution in [3.63, 3.8) is 0 Å². The Hall–Kier alpha value is -2.28. The van der Waals surface area contributed by atoms with Crippen LogP contribution in [0.1, 0.15) is 56.7 Å². The number of ether oxygens (including phenoxy) is 1. The number of fused-ring (bicyclic) bond motifs is 2. The molecule has 1 aromatic rings. The summed E-state index contributed by atoms with van der Waals surface area (Å²) in [5.74, 6) is 0. The lowest BCUT2D eigenvalue weighted by molar-refractivity contribution is 0.0175. The molecule has 4 heteroatoms. The molecule has 1 saturated heterocycles. The monoisotopic (exact) mass is 324 g/mol. The number of hydrogen-bond donors (Lipinski definition) is 0. The molecule has 2 aliphatic rings. The fourth-order valence-corrected chi connectivity index (χ4v) is 3.63. The maximum atomic E-state index is 12.5. The first-order chi connectivity index (χ1) is 11.3. The van der Waals surface area contributed by atoms with Crippen molar-refractivity contribution in [1.82, 2.24) is 4.90 Å². The molecule has 1 aromatic carbocycles. The van der Waals surface area contributed by atoms with E-state index in [2.05, 4.69) is 18.2 Å². The second-order valence-corrected chi connectivity index (χ2v) is 7.72. The van der Waals surface area contributed by atoms with Crippen molar-refractivity contribution in [2.45, 2.75) is 64.6 Å². The second kappa shape index (κ2) is 5.98. The van der Waals surface area contributed by atoms with Gasteiger partial charge in [-0.15, -0.1) is 0 Å². The lowest BCUT2D eigenvalue weighted by atomic mass is 9.93. The Morgan fingerprint density at radius 3 is 2.67 bits per heavy atom. The summed E-state index contributed by atoms with van der Waals surface area (Å²) < 4.78 is 5.57. The molecule has 2 bridgehead atoms. The van der Waals surface area contributed by atoms with E-state index in [1.165, 1.54) is 5.57 Å². The molecule has 1 amide bonds. The van der Waals surface area contributed by atoms with Crippen LogP contribution in [0.2, 0.25) is 0 Å². The van der Waals surface area contributed by atoms with Gasteiger partial charge in [0.25, 0.3) is 0 Å². The van der Waals surface area contributed by atoms with E-state index in [-0.39, 0.29) is 18.2 Å². The molecule has 2 heterocycles. The molecular weight excluding hydrogens is 300 g/mol. The minimum absolute atomic E-state index is 0.115. The third-order valence-corrected chi connectivity index (χ3v) is 4.72. The Kier molecular flexibility index (Phi) is 4.13. The largest absolute Gasteiger partial charge is 0.444 e. The van der Waals surface area contributed by atoms with E-state index in [0.29, 0.717) is 5.56 Å². The van der Waals surface area contributed by atoms with Crippen LogP contribution >= 0.6 is 0 Å². The number of benzene rings is 1. The predicted octanol–water partition coefficient (Wildman–Crippen LogP) is 4.42. The first kappa shape index (κ1) is 16.6. The summed E-state index contributed by atoms with van der Waals surface area (Å²) in [4.78, 5) is 14.4. The Morgan fingerprint density at radius 2 is 2.08 bits per heavy atom. The zero-order chi connectivity index (χ0) is 17.5. The van der Waals surface area contributed by atoms with E-state index in [0.717, 1.165) is 30.4 Å². The predicted molar refractivity (Wildman–Crippen MR) is 93.4 cm³/mol. The molecule has 126 valence electrons. The third kappa shape index (κ3) is 3.17. The molecule has 2 atom stereocenters. The van der Waals surface area contributed by atoms with Gasteiger partial charge >= 0.3 is 6.09 Å². The molecule has 0 spiro atoms.